The van der Waals surface area contributed by atoms with Crippen LogP contribution in [-0.4, -0.2) is 49.3 Å². The number of rotatable bonds is 5. The summed E-state index contributed by atoms with van der Waals surface area (Å²) in [5.41, 5.74) is 2.05. The standard InChI is InChI=1S/C15H24N2O2/c1-3-19-15-5-4-13(10-12(15)2)14(18)11-17-8-6-16-7-9-17/h4-5,10,14,16,18H,3,6-9,11H2,1-2H3. The Hall–Kier alpha value is -1.10. The van der Waals surface area contributed by atoms with E-state index in [0.717, 1.165) is 43.1 Å². The molecule has 1 saturated heterocycles. The average molecular weight is 264 g/mol. The molecule has 1 aliphatic rings. The number of aliphatic hydroxyl groups is 1. The van der Waals surface area contributed by atoms with Crippen molar-refractivity contribution in [1.29, 1.82) is 0 Å². The van der Waals surface area contributed by atoms with E-state index in [4.69, 9.17) is 4.74 Å². The summed E-state index contributed by atoms with van der Waals surface area (Å²) in [6.07, 6.45) is -0.424. The lowest BCUT2D eigenvalue weighted by atomic mass is 10.1. The molecule has 1 aliphatic heterocycles. The first-order chi connectivity index (χ1) is 9.20. The van der Waals surface area contributed by atoms with E-state index in [9.17, 15) is 5.11 Å². The van der Waals surface area contributed by atoms with Crippen molar-refractivity contribution in [2.24, 2.45) is 0 Å². The number of β-amino-alcohol motifs (C(OH)–C–C–N with tert-alkyl or cyclic N) is 1. The first-order valence-electron chi connectivity index (χ1n) is 7.05. The van der Waals surface area contributed by atoms with Crippen LogP contribution in [0.1, 0.15) is 24.2 Å². The molecule has 1 fully saturated rings. The van der Waals surface area contributed by atoms with Crippen LogP contribution >= 0.6 is 0 Å². The Bertz CT molecular complexity index is 403. The summed E-state index contributed by atoms with van der Waals surface area (Å²) in [6.45, 7) is 9.40. The number of nitrogens with zero attached hydrogens (tertiary/aromatic N) is 1. The highest BCUT2D eigenvalue weighted by molar-refractivity contribution is 5.37. The number of piperazine rings is 1. The smallest absolute Gasteiger partial charge is 0.122 e. The van der Waals surface area contributed by atoms with Gasteiger partial charge in [0.05, 0.1) is 12.7 Å². The normalized spacial score (nSPS) is 18.3. The summed E-state index contributed by atoms with van der Waals surface area (Å²) in [5, 5.41) is 13.6. The molecule has 0 radical (unpaired) electrons. The molecular weight excluding hydrogens is 240 g/mol. The van der Waals surface area contributed by atoms with Crippen molar-refractivity contribution in [1.82, 2.24) is 10.2 Å². The fraction of sp³-hybridized carbons (Fsp3) is 0.600. The van der Waals surface area contributed by atoms with Crippen LogP contribution in [-0.2, 0) is 0 Å². The van der Waals surface area contributed by atoms with Crippen LogP contribution < -0.4 is 10.1 Å². The first kappa shape index (κ1) is 14.3. The molecule has 2 N–H and O–H groups in total. The second-order valence-electron chi connectivity index (χ2n) is 5.02. The Labute approximate surface area is 115 Å². The molecule has 1 unspecified atom stereocenters. The van der Waals surface area contributed by atoms with Gasteiger partial charge in [0, 0.05) is 32.7 Å². The van der Waals surface area contributed by atoms with Crippen molar-refractivity contribution in [3.63, 3.8) is 0 Å². The minimum atomic E-state index is -0.424. The fourth-order valence-corrected chi connectivity index (χ4v) is 2.44. The van der Waals surface area contributed by atoms with Crippen molar-refractivity contribution in [3.8, 4) is 5.75 Å². The zero-order valence-corrected chi connectivity index (χ0v) is 11.9. The SMILES string of the molecule is CCOc1ccc(C(O)CN2CCNCC2)cc1C. The van der Waals surface area contributed by atoms with Gasteiger partial charge in [0.1, 0.15) is 5.75 Å². The van der Waals surface area contributed by atoms with E-state index in [1.165, 1.54) is 0 Å². The molecule has 4 heteroatoms. The molecule has 1 aromatic carbocycles. The van der Waals surface area contributed by atoms with E-state index < -0.39 is 6.10 Å². The van der Waals surface area contributed by atoms with Gasteiger partial charge >= 0.3 is 0 Å². The average Bonchev–Trinajstić information content (AvgIpc) is 2.42. The highest BCUT2D eigenvalue weighted by Crippen LogP contribution is 2.23. The Morgan fingerprint density at radius 1 is 1.37 bits per heavy atom. The van der Waals surface area contributed by atoms with Gasteiger partial charge in [0.15, 0.2) is 0 Å². The monoisotopic (exact) mass is 264 g/mol. The van der Waals surface area contributed by atoms with E-state index in [-0.39, 0.29) is 0 Å². The van der Waals surface area contributed by atoms with Gasteiger partial charge in [0.25, 0.3) is 0 Å². The maximum absolute atomic E-state index is 10.3. The lowest BCUT2D eigenvalue weighted by Gasteiger charge is -2.29. The van der Waals surface area contributed by atoms with Crippen LogP contribution in [0.25, 0.3) is 0 Å². The molecular formula is C15H24N2O2. The summed E-state index contributed by atoms with van der Waals surface area (Å²) in [7, 11) is 0. The summed E-state index contributed by atoms with van der Waals surface area (Å²) in [6, 6.07) is 5.94. The van der Waals surface area contributed by atoms with Gasteiger partial charge < -0.3 is 15.2 Å². The summed E-state index contributed by atoms with van der Waals surface area (Å²) in [4.78, 5) is 2.30. The molecule has 0 saturated carbocycles. The van der Waals surface area contributed by atoms with Crippen molar-refractivity contribution in [3.05, 3.63) is 29.3 Å². The van der Waals surface area contributed by atoms with Crippen LogP contribution in [0.5, 0.6) is 5.75 Å². The van der Waals surface area contributed by atoms with E-state index in [1.807, 2.05) is 32.0 Å². The van der Waals surface area contributed by atoms with Crippen molar-refractivity contribution < 1.29 is 9.84 Å². The highest BCUT2D eigenvalue weighted by atomic mass is 16.5. The number of hydrogen-bond donors (Lipinski definition) is 2. The molecule has 2 rings (SSSR count). The lowest BCUT2D eigenvalue weighted by molar-refractivity contribution is 0.105. The minimum absolute atomic E-state index is 0.424. The highest BCUT2D eigenvalue weighted by Gasteiger charge is 2.16. The molecule has 0 aromatic heterocycles. The topological polar surface area (TPSA) is 44.7 Å². The van der Waals surface area contributed by atoms with Crippen LogP contribution in [0.15, 0.2) is 18.2 Å². The van der Waals surface area contributed by atoms with Crippen molar-refractivity contribution in [2.75, 3.05) is 39.3 Å². The summed E-state index contributed by atoms with van der Waals surface area (Å²) < 4.78 is 5.52. The van der Waals surface area contributed by atoms with Crippen molar-refractivity contribution in [2.45, 2.75) is 20.0 Å². The molecule has 0 aliphatic carbocycles. The summed E-state index contributed by atoms with van der Waals surface area (Å²) in [5.74, 6) is 0.903. The largest absolute Gasteiger partial charge is 0.494 e. The number of hydrogen-bond acceptors (Lipinski definition) is 4. The van der Waals surface area contributed by atoms with Crippen molar-refractivity contribution >= 4 is 0 Å². The number of aliphatic hydroxyl groups excluding tert-OH is 1. The van der Waals surface area contributed by atoms with E-state index >= 15 is 0 Å². The third-order valence-corrected chi connectivity index (χ3v) is 3.52. The molecule has 19 heavy (non-hydrogen) atoms. The fourth-order valence-electron chi connectivity index (χ4n) is 2.44. The molecule has 0 bridgehead atoms. The van der Waals surface area contributed by atoms with Gasteiger partial charge in [-0.2, -0.15) is 0 Å². The van der Waals surface area contributed by atoms with Gasteiger partial charge in [-0.3, -0.25) is 4.90 Å². The predicted molar refractivity (Wildman–Crippen MR) is 76.6 cm³/mol. The summed E-state index contributed by atoms with van der Waals surface area (Å²) >= 11 is 0. The van der Waals surface area contributed by atoms with Gasteiger partial charge in [-0.25, -0.2) is 0 Å². The van der Waals surface area contributed by atoms with Gasteiger partial charge in [-0.1, -0.05) is 6.07 Å². The van der Waals surface area contributed by atoms with Crippen LogP contribution in [0.2, 0.25) is 0 Å². The molecule has 1 heterocycles. The van der Waals surface area contributed by atoms with Crippen LogP contribution in [0.3, 0.4) is 0 Å². The Kier molecular flexibility index (Phi) is 5.19. The number of nitrogens with one attached hydrogen (secondary N) is 1. The second-order valence-corrected chi connectivity index (χ2v) is 5.02. The minimum Gasteiger partial charge on any atom is -0.494 e. The molecule has 0 spiro atoms. The van der Waals surface area contributed by atoms with Gasteiger partial charge in [-0.05, 0) is 37.1 Å². The third kappa shape index (κ3) is 3.93. The predicted octanol–water partition coefficient (Wildman–Crippen LogP) is 1.33. The number of aryl methyl sites for hydroxylation is 1. The number of ether oxygens (including phenoxy) is 1. The maximum Gasteiger partial charge on any atom is 0.122 e. The van der Waals surface area contributed by atoms with E-state index in [1.54, 1.807) is 0 Å². The maximum atomic E-state index is 10.3. The van der Waals surface area contributed by atoms with Gasteiger partial charge in [-0.15, -0.1) is 0 Å². The zero-order valence-electron chi connectivity index (χ0n) is 11.9. The first-order valence-corrected chi connectivity index (χ1v) is 7.05. The molecule has 1 aromatic rings. The van der Waals surface area contributed by atoms with E-state index in [0.29, 0.717) is 13.2 Å². The van der Waals surface area contributed by atoms with Crippen LogP contribution in [0.4, 0.5) is 0 Å². The zero-order chi connectivity index (χ0) is 13.7. The Morgan fingerprint density at radius 3 is 2.74 bits per heavy atom. The molecule has 106 valence electrons. The molecule has 0 amide bonds. The number of benzene rings is 1. The molecule has 1 atom stereocenters. The lowest BCUT2D eigenvalue weighted by Crippen LogP contribution is -2.44. The Balaban J connectivity index is 1.98. The Morgan fingerprint density at radius 2 is 2.11 bits per heavy atom. The van der Waals surface area contributed by atoms with Crippen LogP contribution in [0, 0.1) is 6.92 Å². The van der Waals surface area contributed by atoms with Gasteiger partial charge in [0.2, 0.25) is 0 Å². The quantitative estimate of drug-likeness (QED) is 0.842. The third-order valence-electron chi connectivity index (χ3n) is 3.52. The molecule has 4 nitrogen and oxygen atoms in total. The second kappa shape index (κ2) is 6.89. The van der Waals surface area contributed by atoms with E-state index in [2.05, 4.69) is 10.2 Å².